The SMILES string of the molecule is Cc1cccc(COc2ccc(N3CCCC3CCC(=O)O)cc2)c1. The zero-order chi connectivity index (χ0) is 17.6. The number of aryl methyl sites for hydroxylation is 1. The number of carbonyl (C=O) groups is 1. The molecule has 1 unspecified atom stereocenters. The number of hydrogen-bond donors (Lipinski definition) is 1. The third-order valence-electron chi connectivity index (χ3n) is 4.72. The van der Waals surface area contributed by atoms with E-state index in [4.69, 9.17) is 9.84 Å². The molecule has 0 saturated carbocycles. The number of rotatable bonds is 7. The van der Waals surface area contributed by atoms with E-state index in [9.17, 15) is 4.79 Å². The Balaban J connectivity index is 1.58. The summed E-state index contributed by atoms with van der Waals surface area (Å²) in [4.78, 5) is 13.1. The number of hydrogen-bond acceptors (Lipinski definition) is 3. The van der Waals surface area contributed by atoms with Crippen LogP contribution in [0.25, 0.3) is 0 Å². The van der Waals surface area contributed by atoms with Gasteiger partial charge in [-0.1, -0.05) is 29.8 Å². The van der Waals surface area contributed by atoms with E-state index in [-0.39, 0.29) is 6.42 Å². The molecule has 0 spiro atoms. The third-order valence-corrected chi connectivity index (χ3v) is 4.72. The second-order valence-electron chi connectivity index (χ2n) is 6.69. The lowest BCUT2D eigenvalue weighted by molar-refractivity contribution is -0.137. The van der Waals surface area contributed by atoms with Crippen LogP contribution >= 0.6 is 0 Å². The van der Waals surface area contributed by atoms with Crippen molar-refractivity contribution < 1.29 is 14.6 Å². The summed E-state index contributed by atoms with van der Waals surface area (Å²) in [5.74, 6) is 0.137. The van der Waals surface area contributed by atoms with E-state index in [1.807, 2.05) is 18.2 Å². The monoisotopic (exact) mass is 339 g/mol. The van der Waals surface area contributed by atoms with E-state index >= 15 is 0 Å². The predicted molar refractivity (Wildman–Crippen MR) is 99.2 cm³/mol. The van der Waals surface area contributed by atoms with Crippen molar-refractivity contribution in [3.05, 3.63) is 59.7 Å². The van der Waals surface area contributed by atoms with Crippen LogP contribution in [0.2, 0.25) is 0 Å². The van der Waals surface area contributed by atoms with E-state index in [1.165, 1.54) is 5.56 Å². The minimum atomic E-state index is -0.716. The smallest absolute Gasteiger partial charge is 0.303 e. The summed E-state index contributed by atoms with van der Waals surface area (Å²) >= 11 is 0. The molecule has 0 aromatic heterocycles. The molecule has 4 nitrogen and oxygen atoms in total. The molecule has 1 atom stereocenters. The predicted octanol–water partition coefficient (Wildman–Crippen LogP) is 4.41. The lowest BCUT2D eigenvalue weighted by Gasteiger charge is -2.26. The van der Waals surface area contributed by atoms with Gasteiger partial charge in [0, 0.05) is 24.7 Å². The van der Waals surface area contributed by atoms with E-state index in [0.29, 0.717) is 19.1 Å². The molecular formula is C21H25NO3. The van der Waals surface area contributed by atoms with Crippen molar-refractivity contribution in [1.29, 1.82) is 0 Å². The van der Waals surface area contributed by atoms with Crippen LogP contribution in [0.15, 0.2) is 48.5 Å². The van der Waals surface area contributed by atoms with Crippen LogP contribution < -0.4 is 9.64 Å². The molecule has 132 valence electrons. The number of anilines is 1. The van der Waals surface area contributed by atoms with Gasteiger partial charge in [-0.3, -0.25) is 4.79 Å². The average molecular weight is 339 g/mol. The van der Waals surface area contributed by atoms with Gasteiger partial charge in [0.15, 0.2) is 0 Å². The first-order chi connectivity index (χ1) is 12.1. The first kappa shape index (κ1) is 17.3. The van der Waals surface area contributed by atoms with Crippen LogP contribution in [0.4, 0.5) is 5.69 Å². The summed E-state index contributed by atoms with van der Waals surface area (Å²) in [6.45, 7) is 3.63. The third kappa shape index (κ3) is 4.75. The maximum atomic E-state index is 10.8. The van der Waals surface area contributed by atoms with Crippen LogP contribution in [0.3, 0.4) is 0 Å². The minimum absolute atomic E-state index is 0.235. The lowest BCUT2D eigenvalue weighted by Crippen LogP contribution is -2.29. The number of ether oxygens (including phenoxy) is 1. The molecule has 0 bridgehead atoms. The molecule has 4 heteroatoms. The van der Waals surface area contributed by atoms with Crippen LogP contribution in [0.1, 0.15) is 36.8 Å². The highest BCUT2D eigenvalue weighted by molar-refractivity contribution is 5.66. The van der Waals surface area contributed by atoms with Gasteiger partial charge in [0.25, 0.3) is 0 Å². The Morgan fingerprint density at radius 1 is 1.24 bits per heavy atom. The molecule has 1 fully saturated rings. The summed E-state index contributed by atoms with van der Waals surface area (Å²) in [5, 5.41) is 8.90. The Labute approximate surface area is 149 Å². The van der Waals surface area contributed by atoms with Crippen molar-refractivity contribution >= 4 is 11.7 Å². The number of nitrogens with zero attached hydrogens (tertiary/aromatic N) is 1. The summed E-state index contributed by atoms with van der Waals surface area (Å²) in [6.07, 6.45) is 3.13. The highest BCUT2D eigenvalue weighted by Crippen LogP contribution is 2.29. The van der Waals surface area contributed by atoms with E-state index in [2.05, 4.69) is 42.2 Å². The Bertz CT molecular complexity index is 711. The maximum absolute atomic E-state index is 10.8. The van der Waals surface area contributed by atoms with E-state index in [1.54, 1.807) is 0 Å². The zero-order valence-corrected chi connectivity index (χ0v) is 14.6. The molecule has 0 aliphatic carbocycles. The van der Waals surface area contributed by atoms with E-state index < -0.39 is 5.97 Å². The molecular weight excluding hydrogens is 314 g/mol. The number of carboxylic acids is 1. The van der Waals surface area contributed by atoms with E-state index in [0.717, 1.165) is 36.4 Å². The molecule has 0 amide bonds. The van der Waals surface area contributed by atoms with Crippen LogP contribution in [-0.4, -0.2) is 23.7 Å². The second kappa shape index (κ2) is 8.06. The highest BCUT2D eigenvalue weighted by atomic mass is 16.5. The zero-order valence-electron chi connectivity index (χ0n) is 14.6. The van der Waals surface area contributed by atoms with Crippen molar-refractivity contribution in [2.24, 2.45) is 0 Å². The van der Waals surface area contributed by atoms with Gasteiger partial charge in [0.2, 0.25) is 0 Å². The highest BCUT2D eigenvalue weighted by Gasteiger charge is 2.25. The number of benzene rings is 2. The molecule has 1 aliphatic heterocycles. The minimum Gasteiger partial charge on any atom is -0.489 e. The first-order valence-corrected chi connectivity index (χ1v) is 8.88. The van der Waals surface area contributed by atoms with Crippen LogP contribution in [0.5, 0.6) is 5.75 Å². The van der Waals surface area contributed by atoms with Gasteiger partial charge >= 0.3 is 5.97 Å². The fraction of sp³-hybridized carbons (Fsp3) is 0.381. The summed E-state index contributed by atoms with van der Waals surface area (Å²) in [5.41, 5.74) is 3.55. The molecule has 1 N–H and O–H groups in total. The number of carboxylic acid groups (broad SMARTS) is 1. The fourth-order valence-corrected chi connectivity index (χ4v) is 3.47. The Hall–Kier alpha value is -2.49. The lowest BCUT2D eigenvalue weighted by atomic mass is 10.1. The molecule has 2 aromatic carbocycles. The normalized spacial score (nSPS) is 16.8. The Kier molecular flexibility index (Phi) is 5.59. The van der Waals surface area contributed by atoms with Gasteiger partial charge in [0.05, 0.1) is 0 Å². The summed E-state index contributed by atoms with van der Waals surface area (Å²) < 4.78 is 5.87. The Morgan fingerprint density at radius 2 is 2.04 bits per heavy atom. The van der Waals surface area contributed by atoms with Gasteiger partial charge in [-0.25, -0.2) is 0 Å². The second-order valence-corrected chi connectivity index (χ2v) is 6.69. The van der Waals surface area contributed by atoms with Gasteiger partial charge in [0.1, 0.15) is 12.4 Å². The van der Waals surface area contributed by atoms with Crippen molar-refractivity contribution in [1.82, 2.24) is 0 Å². The molecule has 1 heterocycles. The van der Waals surface area contributed by atoms with Crippen LogP contribution in [0, 0.1) is 6.92 Å². The van der Waals surface area contributed by atoms with Crippen molar-refractivity contribution in [2.45, 2.75) is 45.3 Å². The van der Waals surface area contributed by atoms with Crippen molar-refractivity contribution in [3.8, 4) is 5.75 Å². The molecule has 2 aromatic rings. The Morgan fingerprint density at radius 3 is 2.76 bits per heavy atom. The molecule has 3 rings (SSSR count). The van der Waals surface area contributed by atoms with Gasteiger partial charge in [-0.2, -0.15) is 0 Å². The quantitative estimate of drug-likeness (QED) is 0.812. The number of aliphatic carboxylic acids is 1. The standard InChI is InChI=1S/C21H25NO3/c1-16-4-2-5-17(14-16)15-25-20-10-7-19(8-11-20)22-13-3-6-18(22)9-12-21(23)24/h2,4-5,7-8,10-11,14,18H,3,6,9,12-13,15H2,1H3,(H,23,24). The van der Waals surface area contributed by atoms with Crippen molar-refractivity contribution in [3.63, 3.8) is 0 Å². The molecule has 0 radical (unpaired) electrons. The van der Waals surface area contributed by atoms with Gasteiger partial charge in [-0.15, -0.1) is 0 Å². The summed E-state index contributed by atoms with van der Waals surface area (Å²) in [7, 11) is 0. The van der Waals surface area contributed by atoms with Gasteiger partial charge < -0.3 is 14.7 Å². The molecule has 1 saturated heterocycles. The van der Waals surface area contributed by atoms with Crippen molar-refractivity contribution in [2.75, 3.05) is 11.4 Å². The average Bonchev–Trinajstić information content (AvgIpc) is 3.07. The van der Waals surface area contributed by atoms with Crippen LogP contribution in [-0.2, 0) is 11.4 Å². The maximum Gasteiger partial charge on any atom is 0.303 e. The topological polar surface area (TPSA) is 49.8 Å². The molecule has 1 aliphatic rings. The largest absolute Gasteiger partial charge is 0.489 e. The molecule has 25 heavy (non-hydrogen) atoms. The summed E-state index contributed by atoms with van der Waals surface area (Å²) in [6, 6.07) is 16.8. The van der Waals surface area contributed by atoms with Gasteiger partial charge in [-0.05, 0) is 56.0 Å². The first-order valence-electron chi connectivity index (χ1n) is 8.88. The fourth-order valence-electron chi connectivity index (χ4n) is 3.47.